The molecule has 3 aromatic rings. The van der Waals surface area contributed by atoms with Gasteiger partial charge >= 0.3 is 0 Å². The molecule has 140 valence electrons. The average Bonchev–Trinajstić information content (AvgIpc) is 3.22. The second kappa shape index (κ2) is 7.62. The molecule has 0 amide bonds. The maximum Gasteiger partial charge on any atom is 0.251 e. The molecule has 7 heteroatoms. The molecule has 0 spiro atoms. The maximum atomic E-state index is 11.8. The number of aromatic nitrogens is 3. The number of nitrogens with one attached hydrogen (secondary N) is 1. The summed E-state index contributed by atoms with van der Waals surface area (Å²) in [6, 6.07) is 7.59. The molecule has 1 saturated heterocycles. The van der Waals surface area contributed by atoms with E-state index in [0.29, 0.717) is 5.82 Å². The van der Waals surface area contributed by atoms with E-state index in [0.717, 1.165) is 36.6 Å². The van der Waals surface area contributed by atoms with Gasteiger partial charge in [0, 0.05) is 36.6 Å². The van der Waals surface area contributed by atoms with Crippen molar-refractivity contribution in [2.45, 2.75) is 32.5 Å². The van der Waals surface area contributed by atoms with Crippen molar-refractivity contribution in [3.63, 3.8) is 0 Å². The van der Waals surface area contributed by atoms with Gasteiger partial charge in [-0.1, -0.05) is 6.92 Å². The van der Waals surface area contributed by atoms with Gasteiger partial charge in [0.05, 0.1) is 6.10 Å². The van der Waals surface area contributed by atoms with Crippen molar-refractivity contribution >= 4 is 17.2 Å². The van der Waals surface area contributed by atoms with Crippen LogP contribution in [-0.4, -0.2) is 34.1 Å². The van der Waals surface area contributed by atoms with Gasteiger partial charge in [0.25, 0.3) is 5.56 Å². The molecule has 0 aromatic carbocycles. The summed E-state index contributed by atoms with van der Waals surface area (Å²) in [7, 11) is 0. The molecule has 1 fully saturated rings. The van der Waals surface area contributed by atoms with Crippen LogP contribution in [0, 0.1) is 0 Å². The number of aryl methyl sites for hydroxylation is 1. The zero-order valence-electron chi connectivity index (χ0n) is 15.4. The summed E-state index contributed by atoms with van der Waals surface area (Å²) in [6.45, 7) is 5.64. The van der Waals surface area contributed by atoms with E-state index in [9.17, 15) is 4.79 Å². The summed E-state index contributed by atoms with van der Waals surface area (Å²) < 4.78 is 6.10. The SMILES string of the molecule is CCc1cc(=O)[nH]c(-c2ccc(N3CC(C)OC(c4ccsc4)C3)nc2)n1. The van der Waals surface area contributed by atoms with Crippen molar-refractivity contribution in [1.82, 2.24) is 15.0 Å². The molecule has 2 atom stereocenters. The molecule has 0 bridgehead atoms. The fraction of sp³-hybridized carbons (Fsp3) is 0.350. The number of hydrogen-bond donors (Lipinski definition) is 1. The highest BCUT2D eigenvalue weighted by Gasteiger charge is 2.27. The van der Waals surface area contributed by atoms with Gasteiger partial charge in [0.2, 0.25) is 0 Å². The minimum atomic E-state index is -0.137. The van der Waals surface area contributed by atoms with E-state index >= 15 is 0 Å². The summed E-state index contributed by atoms with van der Waals surface area (Å²) in [5, 5.41) is 4.22. The van der Waals surface area contributed by atoms with Crippen molar-refractivity contribution in [3.8, 4) is 11.4 Å². The van der Waals surface area contributed by atoms with Crippen LogP contribution in [0.25, 0.3) is 11.4 Å². The summed E-state index contributed by atoms with van der Waals surface area (Å²) in [6.07, 6.45) is 2.68. The first-order valence-electron chi connectivity index (χ1n) is 9.11. The Bertz CT molecular complexity index is 953. The highest BCUT2D eigenvalue weighted by Crippen LogP contribution is 2.29. The fourth-order valence-electron chi connectivity index (χ4n) is 3.32. The Kier molecular flexibility index (Phi) is 5.05. The van der Waals surface area contributed by atoms with E-state index in [4.69, 9.17) is 4.74 Å². The molecule has 4 heterocycles. The number of H-pyrrole nitrogens is 1. The molecule has 4 rings (SSSR count). The molecule has 0 aliphatic carbocycles. The van der Waals surface area contributed by atoms with Gasteiger partial charge in [-0.2, -0.15) is 11.3 Å². The van der Waals surface area contributed by atoms with Crippen molar-refractivity contribution in [1.29, 1.82) is 0 Å². The summed E-state index contributed by atoms with van der Waals surface area (Å²) in [5.41, 5.74) is 2.66. The molecule has 1 aliphatic heterocycles. The van der Waals surface area contributed by atoms with E-state index in [-0.39, 0.29) is 17.8 Å². The van der Waals surface area contributed by atoms with Crippen molar-refractivity contribution < 1.29 is 4.74 Å². The number of hydrogen-bond acceptors (Lipinski definition) is 6. The molecule has 1 N–H and O–H groups in total. The second-order valence-corrected chi connectivity index (χ2v) is 7.52. The Morgan fingerprint density at radius 3 is 2.93 bits per heavy atom. The molecular formula is C20H22N4O2S. The summed E-state index contributed by atoms with van der Waals surface area (Å²) in [5.74, 6) is 1.47. The number of nitrogens with zero attached hydrogens (tertiary/aromatic N) is 3. The predicted molar refractivity (Wildman–Crippen MR) is 107 cm³/mol. The zero-order valence-corrected chi connectivity index (χ0v) is 16.2. The first-order chi connectivity index (χ1) is 13.1. The van der Waals surface area contributed by atoms with Crippen LogP contribution >= 0.6 is 11.3 Å². The van der Waals surface area contributed by atoms with Crippen molar-refractivity contribution in [3.05, 3.63) is 62.8 Å². The van der Waals surface area contributed by atoms with Crippen LogP contribution in [0.1, 0.15) is 31.2 Å². The van der Waals surface area contributed by atoms with Crippen LogP contribution < -0.4 is 10.5 Å². The number of rotatable bonds is 4. The maximum absolute atomic E-state index is 11.8. The number of morpholine rings is 1. The third-order valence-electron chi connectivity index (χ3n) is 4.68. The van der Waals surface area contributed by atoms with Gasteiger partial charge < -0.3 is 14.6 Å². The Morgan fingerprint density at radius 2 is 2.22 bits per heavy atom. The van der Waals surface area contributed by atoms with Gasteiger partial charge in [0.15, 0.2) is 0 Å². The first kappa shape index (κ1) is 17.9. The van der Waals surface area contributed by atoms with E-state index in [2.05, 4.69) is 43.6 Å². The number of aromatic amines is 1. The van der Waals surface area contributed by atoms with Crippen LogP contribution in [-0.2, 0) is 11.2 Å². The van der Waals surface area contributed by atoms with Crippen LogP contribution in [0.15, 0.2) is 46.0 Å². The lowest BCUT2D eigenvalue weighted by Crippen LogP contribution is -2.43. The standard InChI is InChI=1S/C20H22N4O2S/c1-3-16-8-19(25)23-20(22-16)14-4-5-18(21-9-14)24-10-13(2)26-17(11-24)15-6-7-27-12-15/h4-9,12-13,17H,3,10-11H2,1-2H3,(H,22,23,25). The average molecular weight is 382 g/mol. The Labute approximate surface area is 161 Å². The Hall–Kier alpha value is -2.51. The largest absolute Gasteiger partial charge is 0.367 e. The Morgan fingerprint density at radius 1 is 1.33 bits per heavy atom. The molecule has 0 saturated carbocycles. The van der Waals surface area contributed by atoms with Crippen LogP contribution in [0.2, 0.25) is 0 Å². The van der Waals surface area contributed by atoms with Crippen LogP contribution in [0.3, 0.4) is 0 Å². The molecule has 0 radical (unpaired) electrons. The smallest absolute Gasteiger partial charge is 0.251 e. The summed E-state index contributed by atoms with van der Waals surface area (Å²) in [4.78, 5) is 26.0. The predicted octanol–water partition coefficient (Wildman–Crippen LogP) is 3.42. The van der Waals surface area contributed by atoms with Crippen LogP contribution in [0.4, 0.5) is 5.82 Å². The van der Waals surface area contributed by atoms with Crippen molar-refractivity contribution in [2.24, 2.45) is 0 Å². The van der Waals surface area contributed by atoms with Gasteiger partial charge in [-0.25, -0.2) is 9.97 Å². The van der Waals surface area contributed by atoms with Gasteiger partial charge in [-0.3, -0.25) is 4.79 Å². The van der Waals surface area contributed by atoms with Gasteiger partial charge in [-0.05, 0) is 47.9 Å². The Balaban J connectivity index is 1.56. The fourth-order valence-corrected chi connectivity index (χ4v) is 4.02. The van der Waals surface area contributed by atoms with E-state index < -0.39 is 0 Å². The highest BCUT2D eigenvalue weighted by molar-refractivity contribution is 7.07. The quantitative estimate of drug-likeness (QED) is 0.749. The monoisotopic (exact) mass is 382 g/mol. The molecule has 6 nitrogen and oxygen atoms in total. The highest BCUT2D eigenvalue weighted by atomic mass is 32.1. The number of pyridine rings is 1. The molecule has 27 heavy (non-hydrogen) atoms. The van der Waals surface area contributed by atoms with E-state index in [1.54, 1.807) is 17.5 Å². The third kappa shape index (κ3) is 3.94. The minimum Gasteiger partial charge on any atom is -0.367 e. The normalized spacial score (nSPS) is 20.0. The lowest BCUT2D eigenvalue weighted by atomic mass is 10.1. The van der Waals surface area contributed by atoms with Crippen LogP contribution in [0.5, 0.6) is 0 Å². The van der Waals surface area contributed by atoms with E-state index in [1.807, 2.05) is 19.1 Å². The lowest BCUT2D eigenvalue weighted by Gasteiger charge is -2.37. The topological polar surface area (TPSA) is 71.1 Å². The minimum absolute atomic E-state index is 0.0562. The van der Waals surface area contributed by atoms with Crippen molar-refractivity contribution in [2.75, 3.05) is 18.0 Å². The number of anilines is 1. The third-order valence-corrected chi connectivity index (χ3v) is 5.38. The zero-order chi connectivity index (χ0) is 18.8. The number of ether oxygens (including phenoxy) is 1. The number of thiophene rings is 1. The molecule has 1 aliphatic rings. The summed E-state index contributed by atoms with van der Waals surface area (Å²) >= 11 is 1.69. The van der Waals surface area contributed by atoms with Gasteiger partial charge in [0.1, 0.15) is 17.7 Å². The van der Waals surface area contributed by atoms with Gasteiger partial charge in [-0.15, -0.1) is 0 Å². The second-order valence-electron chi connectivity index (χ2n) is 6.74. The molecule has 3 aromatic heterocycles. The molecular weight excluding hydrogens is 360 g/mol. The lowest BCUT2D eigenvalue weighted by molar-refractivity contribution is -0.0173. The molecule has 2 unspecified atom stereocenters. The first-order valence-corrected chi connectivity index (χ1v) is 10.1. The van der Waals surface area contributed by atoms with E-state index in [1.165, 1.54) is 11.6 Å².